The molecule has 1 aromatic carbocycles. The van der Waals surface area contributed by atoms with Crippen LogP contribution in [0.3, 0.4) is 0 Å². The molecule has 0 aliphatic carbocycles. The maximum Gasteiger partial charge on any atom is 0.252 e. The van der Waals surface area contributed by atoms with Gasteiger partial charge in [-0.25, -0.2) is 0 Å². The average molecular weight is 349 g/mol. The molecule has 16 heavy (non-hydrogen) atoms. The predicted molar refractivity (Wildman–Crippen MR) is 74.2 cm³/mol. The normalized spacial score (nSPS) is 12.2. The number of carbonyl (C=O) groups excluding carboxylic acids is 1. The Morgan fingerprint density at radius 1 is 1.50 bits per heavy atom. The van der Waals surface area contributed by atoms with Crippen molar-refractivity contribution >= 4 is 37.8 Å². The van der Waals surface area contributed by atoms with Crippen LogP contribution in [-0.4, -0.2) is 17.8 Å². The van der Waals surface area contributed by atoms with E-state index in [0.29, 0.717) is 18.0 Å². The number of halogens is 2. The van der Waals surface area contributed by atoms with Gasteiger partial charge >= 0.3 is 0 Å². The highest BCUT2D eigenvalue weighted by molar-refractivity contribution is 9.10. The maximum atomic E-state index is 11.8. The average Bonchev–Trinajstić information content (AvgIpc) is 2.25. The van der Waals surface area contributed by atoms with Crippen LogP contribution in [0.5, 0.6) is 0 Å². The standard InChI is InChI=1S/C12H15Br2NO/c1-8-3-4-10(11(14)5-8)12(16)15-7-9(2)6-13/h3-5,9H,6-7H2,1-2H3,(H,15,16). The van der Waals surface area contributed by atoms with E-state index in [0.717, 1.165) is 15.4 Å². The lowest BCUT2D eigenvalue weighted by Gasteiger charge is -2.10. The van der Waals surface area contributed by atoms with Gasteiger partial charge in [0, 0.05) is 16.3 Å². The quantitative estimate of drug-likeness (QED) is 0.829. The first kappa shape index (κ1) is 13.7. The summed E-state index contributed by atoms with van der Waals surface area (Å²) in [6.07, 6.45) is 0. The van der Waals surface area contributed by atoms with Crippen LogP contribution >= 0.6 is 31.9 Å². The Kier molecular flexibility index (Phi) is 5.49. The second-order valence-electron chi connectivity index (χ2n) is 3.95. The molecule has 0 radical (unpaired) electrons. The Morgan fingerprint density at radius 3 is 2.75 bits per heavy atom. The second kappa shape index (κ2) is 6.40. The summed E-state index contributed by atoms with van der Waals surface area (Å²) in [6.45, 7) is 4.77. The topological polar surface area (TPSA) is 29.1 Å². The van der Waals surface area contributed by atoms with E-state index in [1.165, 1.54) is 0 Å². The van der Waals surface area contributed by atoms with Crippen LogP contribution < -0.4 is 5.32 Å². The highest BCUT2D eigenvalue weighted by Gasteiger charge is 2.10. The molecule has 1 atom stereocenters. The molecule has 0 aromatic heterocycles. The van der Waals surface area contributed by atoms with Gasteiger partial charge in [0.15, 0.2) is 0 Å². The SMILES string of the molecule is Cc1ccc(C(=O)NCC(C)CBr)c(Br)c1. The fourth-order valence-electron chi connectivity index (χ4n) is 1.22. The van der Waals surface area contributed by atoms with E-state index in [9.17, 15) is 4.79 Å². The molecule has 4 heteroatoms. The first-order chi connectivity index (χ1) is 7.54. The smallest absolute Gasteiger partial charge is 0.252 e. The minimum absolute atomic E-state index is 0.0281. The van der Waals surface area contributed by atoms with Gasteiger partial charge in [0.1, 0.15) is 0 Å². The Labute approximate surface area is 113 Å². The molecule has 1 rings (SSSR count). The van der Waals surface area contributed by atoms with Crippen LogP contribution in [-0.2, 0) is 0 Å². The van der Waals surface area contributed by atoms with Gasteiger partial charge in [-0.1, -0.05) is 28.9 Å². The van der Waals surface area contributed by atoms with Crippen molar-refractivity contribution in [2.45, 2.75) is 13.8 Å². The molecule has 1 unspecified atom stereocenters. The van der Waals surface area contributed by atoms with Gasteiger partial charge < -0.3 is 5.32 Å². The summed E-state index contributed by atoms with van der Waals surface area (Å²) < 4.78 is 0.844. The molecule has 0 spiro atoms. The van der Waals surface area contributed by atoms with Crippen molar-refractivity contribution in [3.8, 4) is 0 Å². The largest absolute Gasteiger partial charge is 0.352 e. The van der Waals surface area contributed by atoms with E-state index < -0.39 is 0 Å². The molecule has 0 fully saturated rings. The van der Waals surface area contributed by atoms with Gasteiger partial charge in [0.2, 0.25) is 0 Å². The number of hydrogen-bond acceptors (Lipinski definition) is 1. The van der Waals surface area contributed by atoms with Crippen molar-refractivity contribution in [3.05, 3.63) is 33.8 Å². The summed E-state index contributed by atoms with van der Waals surface area (Å²) >= 11 is 6.79. The third-order valence-electron chi connectivity index (χ3n) is 2.24. The third kappa shape index (κ3) is 3.91. The summed E-state index contributed by atoms with van der Waals surface area (Å²) in [5.74, 6) is 0.410. The highest BCUT2D eigenvalue weighted by Crippen LogP contribution is 2.18. The number of hydrogen-bond donors (Lipinski definition) is 1. The fraction of sp³-hybridized carbons (Fsp3) is 0.417. The van der Waals surface area contributed by atoms with Gasteiger partial charge in [-0.05, 0) is 46.5 Å². The van der Waals surface area contributed by atoms with Crippen LogP contribution in [0, 0.1) is 12.8 Å². The lowest BCUT2D eigenvalue weighted by Crippen LogP contribution is -2.29. The zero-order valence-corrected chi connectivity index (χ0v) is 12.6. The zero-order chi connectivity index (χ0) is 12.1. The fourth-order valence-corrected chi connectivity index (χ4v) is 2.12. The number of alkyl halides is 1. The molecular formula is C12H15Br2NO. The molecule has 0 heterocycles. The van der Waals surface area contributed by atoms with Gasteiger partial charge in [0.05, 0.1) is 5.56 Å². The molecule has 1 amide bonds. The molecule has 1 aromatic rings. The van der Waals surface area contributed by atoms with Crippen LogP contribution in [0.15, 0.2) is 22.7 Å². The first-order valence-electron chi connectivity index (χ1n) is 5.15. The highest BCUT2D eigenvalue weighted by atomic mass is 79.9. The van der Waals surface area contributed by atoms with Gasteiger partial charge in [0.25, 0.3) is 5.91 Å². The molecule has 2 nitrogen and oxygen atoms in total. The van der Waals surface area contributed by atoms with Crippen LogP contribution in [0.25, 0.3) is 0 Å². The van der Waals surface area contributed by atoms with Crippen molar-refractivity contribution in [2.75, 3.05) is 11.9 Å². The predicted octanol–water partition coefficient (Wildman–Crippen LogP) is 3.52. The first-order valence-corrected chi connectivity index (χ1v) is 7.06. The third-order valence-corrected chi connectivity index (χ3v) is 4.01. The number of aryl methyl sites for hydroxylation is 1. The Morgan fingerprint density at radius 2 is 2.19 bits per heavy atom. The summed E-state index contributed by atoms with van der Waals surface area (Å²) in [5, 5.41) is 3.80. The van der Waals surface area contributed by atoms with Crippen molar-refractivity contribution in [3.63, 3.8) is 0 Å². The van der Waals surface area contributed by atoms with Crippen LogP contribution in [0.4, 0.5) is 0 Å². The Balaban J connectivity index is 2.66. The van der Waals surface area contributed by atoms with Crippen molar-refractivity contribution in [1.29, 1.82) is 0 Å². The molecule has 88 valence electrons. The number of rotatable bonds is 4. The van der Waals surface area contributed by atoms with E-state index in [2.05, 4.69) is 44.1 Å². The zero-order valence-electron chi connectivity index (χ0n) is 9.39. The number of carbonyl (C=O) groups is 1. The Bertz CT molecular complexity index is 379. The minimum atomic E-state index is -0.0281. The summed E-state index contributed by atoms with van der Waals surface area (Å²) in [5.41, 5.74) is 1.82. The van der Waals surface area contributed by atoms with E-state index in [1.54, 1.807) is 0 Å². The number of amides is 1. The minimum Gasteiger partial charge on any atom is -0.352 e. The lowest BCUT2D eigenvalue weighted by molar-refractivity contribution is 0.0948. The van der Waals surface area contributed by atoms with Crippen LogP contribution in [0.1, 0.15) is 22.8 Å². The molecule has 1 N–H and O–H groups in total. The monoisotopic (exact) mass is 347 g/mol. The molecular weight excluding hydrogens is 334 g/mol. The lowest BCUT2D eigenvalue weighted by atomic mass is 10.1. The maximum absolute atomic E-state index is 11.8. The van der Waals surface area contributed by atoms with Crippen molar-refractivity contribution < 1.29 is 4.79 Å². The molecule has 0 saturated heterocycles. The van der Waals surface area contributed by atoms with Gasteiger partial charge in [-0.3, -0.25) is 4.79 Å². The van der Waals surface area contributed by atoms with Gasteiger partial charge in [-0.2, -0.15) is 0 Å². The van der Waals surface area contributed by atoms with E-state index >= 15 is 0 Å². The van der Waals surface area contributed by atoms with Crippen molar-refractivity contribution in [2.24, 2.45) is 5.92 Å². The summed E-state index contributed by atoms with van der Waals surface area (Å²) in [4.78, 5) is 11.8. The number of benzene rings is 1. The Hall–Kier alpha value is -0.350. The molecule has 0 saturated carbocycles. The summed E-state index contributed by atoms with van der Waals surface area (Å²) in [6, 6.07) is 5.73. The van der Waals surface area contributed by atoms with E-state index in [4.69, 9.17) is 0 Å². The number of nitrogens with one attached hydrogen (secondary N) is 1. The summed E-state index contributed by atoms with van der Waals surface area (Å²) in [7, 11) is 0. The molecule has 0 aliphatic rings. The second-order valence-corrected chi connectivity index (χ2v) is 5.45. The van der Waals surface area contributed by atoms with Crippen molar-refractivity contribution in [1.82, 2.24) is 5.32 Å². The molecule has 0 bridgehead atoms. The molecule has 0 aliphatic heterocycles. The van der Waals surface area contributed by atoms with E-state index in [1.807, 2.05) is 25.1 Å². The van der Waals surface area contributed by atoms with E-state index in [-0.39, 0.29) is 5.91 Å². The van der Waals surface area contributed by atoms with Crippen LogP contribution in [0.2, 0.25) is 0 Å². The van der Waals surface area contributed by atoms with Gasteiger partial charge in [-0.15, -0.1) is 0 Å².